The van der Waals surface area contributed by atoms with Crippen molar-refractivity contribution in [2.45, 2.75) is 37.9 Å². The maximum absolute atomic E-state index is 13.1. The summed E-state index contributed by atoms with van der Waals surface area (Å²) in [6.07, 6.45) is 3.59. The fourth-order valence-electron chi connectivity index (χ4n) is 3.88. The van der Waals surface area contributed by atoms with Crippen LogP contribution in [0.15, 0.2) is 46.9 Å². The highest BCUT2D eigenvalue weighted by atomic mass is 32.2. The summed E-state index contributed by atoms with van der Waals surface area (Å²) in [6, 6.07) is 12.5. The Labute approximate surface area is 203 Å². The zero-order valence-corrected chi connectivity index (χ0v) is 20.9. The van der Waals surface area contributed by atoms with Gasteiger partial charge in [-0.3, -0.25) is 9.36 Å². The first kappa shape index (κ1) is 23.8. The lowest BCUT2D eigenvalue weighted by Crippen LogP contribution is -2.34. The number of piperidine rings is 1. The number of aromatic nitrogens is 3. The van der Waals surface area contributed by atoms with E-state index in [2.05, 4.69) is 56.9 Å². The summed E-state index contributed by atoms with van der Waals surface area (Å²) in [7, 11) is 1.66. The van der Waals surface area contributed by atoms with Crippen LogP contribution < -0.4 is 4.90 Å². The molecule has 176 valence electrons. The van der Waals surface area contributed by atoms with Crippen molar-refractivity contribution in [3.63, 3.8) is 0 Å². The van der Waals surface area contributed by atoms with Gasteiger partial charge in [-0.1, -0.05) is 35.5 Å². The van der Waals surface area contributed by atoms with Gasteiger partial charge in [0.15, 0.2) is 5.16 Å². The van der Waals surface area contributed by atoms with Crippen LogP contribution in [0.3, 0.4) is 0 Å². The predicted molar refractivity (Wildman–Crippen MR) is 134 cm³/mol. The van der Waals surface area contributed by atoms with Gasteiger partial charge in [-0.05, 0) is 49.8 Å². The van der Waals surface area contributed by atoms with Crippen LogP contribution in [0.4, 0.5) is 5.95 Å². The maximum atomic E-state index is 13.1. The number of rotatable bonds is 10. The van der Waals surface area contributed by atoms with Crippen LogP contribution >= 0.6 is 23.1 Å². The van der Waals surface area contributed by atoms with E-state index in [0.29, 0.717) is 25.4 Å². The Balaban J connectivity index is 1.53. The van der Waals surface area contributed by atoms with E-state index < -0.39 is 0 Å². The Bertz CT molecular complexity index is 1010. The fraction of sp³-hybridized carbons (Fsp3) is 0.458. The smallest absolute Gasteiger partial charge is 0.233 e. The first-order valence-corrected chi connectivity index (χ1v) is 13.2. The third-order valence-corrected chi connectivity index (χ3v) is 7.49. The highest BCUT2D eigenvalue weighted by Gasteiger charge is 2.23. The van der Waals surface area contributed by atoms with E-state index in [-0.39, 0.29) is 5.91 Å². The minimum absolute atomic E-state index is 0.0726. The molecule has 0 unspecified atom stereocenters. The SMILES string of the molecule is COCCN(Cc1cccs1)C(=O)CSc1nnc(N2CCCCC2)n1-c1ccc(C)cc1. The summed E-state index contributed by atoms with van der Waals surface area (Å²) in [5.41, 5.74) is 2.23. The third-order valence-electron chi connectivity index (χ3n) is 5.72. The standard InChI is InChI=1S/C24H31N5O2S2/c1-19-8-10-20(11-9-19)29-23(27-12-4-3-5-13-27)25-26-24(29)33-18-22(30)28(14-15-31-2)17-21-7-6-16-32-21/h6-11,16H,3-5,12-15,17-18H2,1-2H3. The molecule has 1 aliphatic rings. The van der Waals surface area contributed by atoms with Gasteiger partial charge in [0, 0.05) is 31.6 Å². The summed E-state index contributed by atoms with van der Waals surface area (Å²) < 4.78 is 7.33. The number of carbonyl (C=O) groups is 1. The number of benzene rings is 1. The van der Waals surface area contributed by atoms with E-state index in [9.17, 15) is 4.79 Å². The first-order valence-electron chi connectivity index (χ1n) is 11.3. The Kier molecular flexibility index (Phi) is 8.41. The fourth-order valence-corrected chi connectivity index (χ4v) is 5.45. The second kappa shape index (κ2) is 11.7. The molecule has 0 atom stereocenters. The van der Waals surface area contributed by atoms with Crippen LogP contribution in [0.25, 0.3) is 5.69 Å². The lowest BCUT2D eigenvalue weighted by atomic mass is 10.1. The van der Waals surface area contributed by atoms with Crippen molar-refractivity contribution in [3.05, 3.63) is 52.2 Å². The van der Waals surface area contributed by atoms with Crippen molar-refractivity contribution in [3.8, 4) is 5.69 Å². The van der Waals surface area contributed by atoms with Crippen LogP contribution in [0, 0.1) is 6.92 Å². The molecule has 4 rings (SSSR count). The molecule has 1 fully saturated rings. The number of nitrogens with zero attached hydrogens (tertiary/aromatic N) is 5. The number of hydrogen-bond donors (Lipinski definition) is 0. The van der Waals surface area contributed by atoms with Crippen molar-refractivity contribution >= 4 is 35.0 Å². The predicted octanol–water partition coefficient (Wildman–Crippen LogP) is 4.39. The van der Waals surface area contributed by atoms with Crippen LogP contribution in [0.1, 0.15) is 29.7 Å². The van der Waals surface area contributed by atoms with E-state index >= 15 is 0 Å². The molecule has 0 radical (unpaired) electrons. The minimum atomic E-state index is 0.0726. The van der Waals surface area contributed by atoms with Crippen LogP contribution in [-0.4, -0.2) is 64.7 Å². The van der Waals surface area contributed by atoms with E-state index in [1.165, 1.54) is 41.5 Å². The molecule has 0 N–H and O–H groups in total. The molecule has 3 heterocycles. The molecule has 9 heteroatoms. The van der Waals surface area contributed by atoms with Crippen LogP contribution in [0.2, 0.25) is 0 Å². The van der Waals surface area contributed by atoms with Gasteiger partial charge in [0.05, 0.1) is 24.6 Å². The molecule has 1 amide bonds. The summed E-state index contributed by atoms with van der Waals surface area (Å²) in [5.74, 6) is 1.24. The lowest BCUT2D eigenvalue weighted by molar-refractivity contribution is -0.129. The summed E-state index contributed by atoms with van der Waals surface area (Å²) in [5, 5.41) is 11.8. The van der Waals surface area contributed by atoms with Gasteiger partial charge < -0.3 is 14.5 Å². The molecule has 1 aliphatic heterocycles. The molecule has 1 saturated heterocycles. The highest BCUT2D eigenvalue weighted by Crippen LogP contribution is 2.29. The molecule has 1 aromatic carbocycles. The molecular formula is C24H31N5O2S2. The minimum Gasteiger partial charge on any atom is -0.383 e. The van der Waals surface area contributed by atoms with Crippen molar-refractivity contribution in [2.24, 2.45) is 0 Å². The number of ether oxygens (including phenoxy) is 1. The van der Waals surface area contributed by atoms with E-state index in [4.69, 9.17) is 4.74 Å². The average molecular weight is 486 g/mol. The van der Waals surface area contributed by atoms with Gasteiger partial charge in [0.1, 0.15) is 0 Å². The Morgan fingerprint density at radius 3 is 2.64 bits per heavy atom. The van der Waals surface area contributed by atoms with Gasteiger partial charge in [-0.25, -0.2) is 0 Å². The Morgan fingerprint density at radius 2 is 1.94 bits per heavy atom. The largest absolute Gasteiger partial charge is 0.383 e. The third kappa shape index (κ3) is 6.16. The van der Waals surface area contributed by atoms with Gasteiger partial charge in [0.2, 0.25) is 11.9 Å². The van der Waals surface area contributed by atoms with E-state index in [1.54, 1.807) is 18.4 Å². The zero-order chi connectivity index (χ0) is 23.0. The molecule has 2 aromatic heterocycles. The summed E-state index contributed by atoms with van der Waals surface area (Å²) >= 11 is 3.11. The zero-order valence-electron chi connectivity index (χ0n) is 19.3. The first-order chi connectivity index (χ1) is 16.2. The number of hydrogen-bond acceptors (Lipinski definition) is 7. The average Bonchev–Trinajstić information content (AvgIpc) is 3.51. The molecule has 0 bridgehead atoms. The number of aryl methyl sites for hydroxylation is 1. The van der Waals surface area contributed by atoms with Gasteiger partial charge in [-0.15, -0.1) is 21.5 Å². The Morgan fingerprint density at radius 1 is 1.15 bits per heavy atom. The van der Waals surface area contributed by atoms with Gasteiger partial charge in [0.25, 0.3) is 0 Å². The molecular weight excluding hydrogens is 454 g/mol. The van der Waals surface area contributed by atoms with Crippen LogP contribution in [-0.2, 0) is 16.1 Å². The number of anilines is 1. The maximum Gasteiger partial charge on any atom is 0.233 e. The number of carbonyl (C=O) groups excluding carboxylic acids is 1. The second-order valence-electron chi connectivity index (χ2n) is 8.18. The topological polar surface area (TPSA) is 63.5 Å². The van der Waals surface area contributed by atoms with Gasteiger partial charge >= 0.3 is 0 Å². The van der Waals surface area contributed by atoms with Crippen molar-refractivity contribution in [1.29, 1.82) is 0 Å². The molecule has 0 aliphatic carbocycles. The number of methoxy groups -OCH3 is 1. The second-order valence-corrected chi connectivity index (χ2v) is 10.2. The van der Waals surface area contributed by atoms with Gasteiger partial charge in [-0.2, -0.15) is 0 Å². The number of thiophene rings is 1. The normalized spacial score (nSPS) is 13.9. The van der Waals surface area contributed by atoms with E-state index in [1.807, 2.05) is 16.3 Å². The highest BCUT2D eigenvalue weighted by molar-refractivity contribution is 7.99. The molecule has 7 nitrogen and oxygen atoms in total. The molecule has 33 heavy (non-hydrogen) atoms. The van der Waals surface area contributed by atoms with E-state index in [0.717, 1.165) is 29.9 Å². The molecule has 0 spiro atoms. The number of amides is 1. The quantitative estimate of drug-likeness (QED) is 0.397. The van der Waals surface area contributed by atoms with Crippen molar-refractivity contribution < 1.29 is 9.53 Å². The molecule has 3 aromatic rings. The Hall–Kier alpha value is -2.36. The molecule has 0 saturated carbocycles. The summed E-state index contributed by atoms with van der Waals surface area (Å²) in [6.45, 7) is 5.73. The van der Waals surface area contributed by atoms with Crippen LogP contribution in [0.5, 0.6) is 0 Å². The lowest BCUT2D eigenvalue weighted by Gasteiger charge is -2.28. The summed E-state index contributed by atoms with van der Waals surface area (Å²) in [4.78, 5) is 18.5. The van der Waals surface area contributed by atoms with Crippen molar-refractivity contribution in [1.82, 2.24) is 19.7 Å². The number of thioether (sulfide) groups is 1. The monoisotopic (exact) mass is 485 g/mol. The van der Waals surface area contributed by atoms with Crippen molar-refractivity contribution in [2.75, 3.05) is 44.0 Å².